The Bertz CT molecular complexity index is 492. The molecule has 0 bridgehead atoms. The summed E-state index contributed by atoms with van der Waals surface area (Å²) in [7, 11) is 4.18. The van der Waals surface area contributed by atoms with Crippen LogP contribution in [0, 0.1) is 0 Å². The second-order valence-corrected chi connectivity index (χ2v) is 6.71. The van der Waals surface area contributed by atoms with E-state index < -0.39 is 0 Å². The minimum absolute atomic E-state index is 0.0226. The fourth-order valence-corrected chi connectivity index (χ4v) is 2.76. The van der Waals surface area contributed by atoms with Crippen molar-refractivity contribution in [3.8, 4) is 0 Å². The number of rotatable bonds is 5. The molecule has 23 heavy (non-hydrogen) atoms. The van der Waals surface area contributed by atoms with E-state index in [9.17, 15) is 4.79 Å². The number of carbonyl (C=O) groups excluding carboxylic acids is 1. The molecule has 2 rings (SSSR count). The standard InChI is InChI=1S/C17H27ClN4O/c1-20(2)10-11-21-8-3-9-22(13-12-21)17(23)19-14-15-4-6-16(18)7-5-15/h4-7H,3,8-14H2,1-2H3,(H,19,23). The lowest BCUT2D eigenvalue weighted by Gasteiger charge is -2.23. The molecular formula is C17H27ClN4O. The summed E-state index contributed by atoms with van der Waals surface area (Å²) in [6, 6.07) is 7.59. The number of nitrogens with zero attached hydrogens (tertiary/aromatic N) is 3. The average molecular weight is 339 g/mol. The molecule has 1 aliphatic heterocycles. The van der Waals surface area contributed by atoms with Gasteiger partial charge in [0.25, 0.3) is 0 Å². The normalized spacial score (nSPS) is 16.4. The highest BCUT2D eigenvalue weighted by Gasteiger charge is 2.18. The van der Waals surface area contributed by atoms with E-state index in [1.807, 2.05) is 29.2 Å². The third kappa shape index (κ3) is 6.37. The molecule has 0 aliphatic carbocycles. The van der Waals surface area contributed by atoms with Gasteiger partial charge in [-0.1, -0.05) is 23.7 Å². The molecule has 1 saturated heterocycles. The average Bonchev–Trinajstić information content (AvgIpc) is 2.78. The minimum atomic E-state index is 0.0226. The van der Waals surface area contributed by atoms with Crippen LogP contribution in [0.15, 0.2) is 24.3 Å². The highest BCUT2D eigenvalue weighted by Crippen LogP contribution is 2.09. The van der Waals surface area contributed by atoms with Crippen LogP contribution in [-0.2, 0) is 6.54 Å². The first-order valence-corrected chi connectivity index (χ1v) is 8.56. The topological polar surface area (TPSA) is 38.8 Å². The summed E-state index contributed by atoms with van der Waals surface area (Å²) in [5.41, 5.74) is 1.06. The number of nitrogens with one attached hydrogen (secondary N) is 1. The number of hydrogen-bond acceptors (Lipinski definition) is 3. The second kappa shape index (κ2) is 9.11. The highest BCUT2D eigenvalue weighted by molar-refractivity contribution is 6.30. The van der Waals surface area contributed by atoms with E-state index in [0.717, 1.165) is 51.3 Å². The van der Waals surface area contributed by atoms with Gasteiger partial charge in [-0.15, -0.1) is 0 Å². The first-order valence-electron chi connectivity index (χ1n) is 8.19. The summed E-state index contributed by atoms with van der Waals surface area (Å²) in [4.78, 5) is 18.9. The molecule has 0 unspecified atom stereocenters. The summed E-state index contributed by atoms with van der Waals surface area (Å²) in [6.07, 6.45) is 1.03. The zero-order valence-corrected chi connectivity index (χ0v) is 14.9. The molecule has 1 aromatic rings. The van der Waals surface area contributed by atoms with Crippen molar-refractivity contribution in [1.29, 1.82) is 0 Å². The number of hydrogen-bond donors (Lipinski definition) is 1. The van der Waals surface area contributed by atoms with Crippen molar-refractivity contribution in [3.05, 3.63) is 34.9 Å². The summed E-state index contributed by atoms with van der Waals surface area (Å²) in [5, 5.41) is 3.71. The molecule has 1 heterocycles. The maximum atomic E-state index is 12.3. The summed E-state index contributed by atoms with van der Waals surface area (Å²) in [6.45, 7) is 6.29. The molecule has 128 valence electrons. The Morgan fingerprint density at radius 1 is 1.17 bits per heavy atom. The Morgan fingerprint density at radius 3 is 2.61 bits per heavy atom. The van der Waals surface area contributed by atoms with Gasteiger partial charge >= 0.3 is 6.03 Å². The van der Waals surface area contributed by atoms with Crippen LogP contribution in [0.4, 0.5) is 4.79 Å². The van der Waals surface area contributed by atoms with Gasteiger partial charge in [0.15, 0.2) is 0 Å². The van der Waals surface area contributed by atoms with Crippen LogP contribution in [0.3, 0.4) is 0 Å². The van der Waals surface area contributed by atoms with Crippen LogP contribution >= 0.6 is 11.6 Å². The van der Waals surface area contributed by atoms with Gasteiger partial charge in [-0.2, -0.15) is 0 Å². The number of benzene rings is 1. The van der Waals surface area contributed by atoms with Crippen LogP contribution in [0.1, 0.15) is 12.0 Å². The van der Waals surface area contributed by atoms with Gasteiger partial charge in [-0.05, 0) is 44.8 Å². The lowest BCUT2D eigenvalue weighted by Crippen LogP contribution is -2.42. The van der Waals surface area contributed by atoms with Crippen LogP contribution in [0.25, 0.3) is 0 Å². The van der Waals surface area contributed by atoms with E-state index in [-0.39, 0.29) is 6.03 Å². The zero-order valence-electron chi connectivity index (χ0n) is 14.1. The number of carbonyl (C=O) groups is 1. The monoisotopic (exact) mass is 338 g/mol. The smallest absolute Gasteiger partial charge is 0.317 e. The first-order chi connectivity index (χ1) is 11.0. The zero-order chi connectivity index (χ0) is 16.7. The van der Waals surface area contributed by atoms with Gasteiger partial charge in [-0.25, -0.2) is 4.79 Å². The van der Waals surface area contributed by atoms with E-state index in [4.69, 9.17) is 11.6 Å². The molecular weight excluding hydrogens is 312 g/mol. The molecule has 0 radical (unpaired) electrons. The lowest BCUT2D eigenvalue weighted by molar-refractivity contribution is 0.196. The Kier molecular flexibility index (Phi) is 7.15. The SMILES string of the molecule is CN(C)CCN1CCCN(C(=O)NCc2ccc(Cl)cc2)CC1. The quantitative estimate of drug-likeness (QED) is 0.893. The third-order valence-electron chi connectivity index (χ3n) is 4.10. The van der Waals surface area contributed by atoms with Crippen molar-refractivity contribution in [3.63, 3.8) is 0 Å². The van der Waals surface area contributed by atoms with Crippen molar-refractivity contribution < 1.29 is 4.79 Å². The Balaban J connectivity index is 1.75. The van der Waals surface area contributed by atoms with Gasteiger partial charge < -0.3 is 20.0 Å². The van der Waals surface area contributed by atoms with Crippen LogP contribution in [0.2, 0.25) is 5.02 Å². The molecule has 1 aromatic carbocycles. The van der Waals surface area contributed by atoms with Crippen molar-refractivity contribution in [2.75, 3.05) is 53.4 Å². The third-order valence-corrected chi connectivity index (χ3v) is 4.35. The van der Waals surface area contributed by atoms with Crippen molar-refractivity contribution in [1.82, 2.24) is 20.0 Å². The Labute approximate surface area is 144 Å². The predicted octanol–water partition coefficient (Wildman–Crippen LogP) is 2.12. The van der Waals surface area contributed by atoms with Gasteiger partial charge in [0.2, 0.25) is 0 Å². The Morgan fingerprint density at radius 2 is 1.91 bits per heavy atom. The van der Waals surface area contributed by atoms with E-state index in [1.54, 1.807) is 0 Å². The van der Waals surface area contributed by atoms with E-state index in [1.165, 1.54) is 0 Å². The molecule has 0 aromatic heterocycles. The van der Waals surface area contributed by atoms with E-state index in [2.05, 4.69) is 29.2 Å². The fourth-order valence-electron chi connectivity index (χ4n) is 2.63. The first kappa shape index (κ1) is 18.0. The number of urea groups is 1. The van der Waals surface area contributed by atoms with Crippen LogP contribution in [-0.4, -0.2) is 74.1 Å². The number of amides is 2. The van der Waals surface area contributed by atoms with E-state index >= 15 is 0 Å². The molecule has 0 atom stereocenters. The van der Waals surface area contributed by atoms with Gasteiger partial charge in [0, 0.05) is 44.3 Å². The molecule has 2 amide bonds. The molecule has 0 saturated carbocycles. The molecule has 1 fully saturated rings. The van der Waals surface area contributed by atoms with E-state index in [0.29, 0.717) is 11.6 Å². The lowest BCUT2D eigenvalue weighted by atomic mass is 10.2. The number of halogens is 1. The van der Waals surface area contributed by atoms with Gasteiger partial charge in [0.05, 0.1) is 0 Å². The fraction of sp³-hybridized carbons (Fsp3) is 0.588. The molecule has 5 nitrogen and oxygen atoms in total. The van der Waals surface area contributed by atoms with Crippen LogP contribution in [0.5, 0.6) is 0 Å². The maximum Gasteiger partial charge on any atom is 0.317 e. The summed E-state index contributed by atoms with van der Waals surface area (Å²) in [5.74, 6) is 0. The maximum absolute atomic E-state index is 12.3. The molecule has 6 heteroatoms. The predicted molar refractivity (Wildman–Crippen MR) is 94.9 cm³/mol. The molecule has 1 aliphatic rings. The largest absolute Gasteiger partial charge is 0.334 e. The molecule has 0 spiro atoms. The highest BCUT2D eigenvalue weighted by atomic mass is 35.5. The van der Waals surface area contributed by atoms with Crippen molar-refractivity contribution in [2.24, 2.45) is 0 Å². The summed E-state index contributed by atoms with van der Waals surface area (Å²) < 4.78 is 0. The second-order valence-electron chi connectivity index (χ2n) is 6.27. The number of likely N-dealkylation sites (N-methyl/N-ethyl adjacent to an activating group) is 1. The van der Waals surface area contributed by atoms with Gasteiger partial charge in [0.1, 0.15) is 0 Å². The van der Waals surface area contributed by atoms with Crippen molar-refractivity contribution >= 4 is 17.6 Å². The summed E-state index contributed by atoms with van der Waals surface area (Å²) >= 11 is 5.87. The molecule has 1 N–H and O–H groups in total. The minimum Gasteiger partial charge on any atom is -0.334 e. The Hall–Kier alpha value is -1.30. The van der Waals surface area contributed by atoms with Gasteiger partial charge in [-0.3, -0.25) is 0 Å². The van der Waals surface area contributed by atoms with Crippen LogP contribution < -0.4 is 5.32 Å². The van der Waals surface area contributed by atoms with Crippen molar-refractivity contribution in [2.45, 2.75) is 13.0 Å².